The average molecular weight is 243 g/mol. The lowest BCUT2D eigenvalue weighted by molar-refractivity contribution is -0.152. The van der Waals surface area contributed by atoms with Crippen molar-refractivity contribution in [1.29, 1.82) is 0 Å². The van der Waals surface area contributed by atoms with E-state index in [0.717, 1.165) is 0 Å². The predicted molar refractivity (Wildman–Crippen MR) is 57.7 cm³/mol. The minimum atomic E-state index is -1.23. The number of hydrogen-bond acceptors (Lipinski definition) is 4. The van der Waals surface area contributed by atoms with Crippen molar-refractivity contribution < 1.29 is 24.2 Å². The lowest BCUT2D eigenvalue weighted by atomic mass is 10.00. The number of carboxylic acids is 1. The average Bonchev–Trinajstić information content (AvgIpc) is 2.72. The number of ether oxygens (including phenoxy) is 2. The van der Waals surface area contributed by atoms with Gasteiger partial charge >= 0.3 is 12.1 Å². The Labute approximate surface area is 99.5 Å². The van der Waals surface area contributed by atoms with Gasteiger partial charge in [0.05, 0.1) is 19.3 Å². The van der Waals surface area contributed by atoms with Gasteiger partial charge in [0.15, 0.2) is 5.54 Å². The van der Waals surface area contributed by atoms with E-state index < -0.39 is 23.2 Å². The molecule has 17 heavy (non-hydrogen) atoms. The first-order valence-corrected chi connectivity index (χ1v) is 5.60. The maximum Gasteiger partial charge on any atom is 0.411 e. The number of aliphatic carboxylic acids is 1. The second kappa shape index (κ2) is 3.60. The summed E-state index contributed by atoms with van der Waals surface area (Å²) in [6.45, 7) is 5.60. The first-order valence-electron chi connectivity index (χ1n) is 5.60. The summed E-state index contributed by atoms with van der Waals surface area (Å²) in [4.78, 5) is 24.6. The number of carbonyl (C=O) groups excluding carboxylic acids is 1. The van der Waals surface area contributed by atoms with E-state index in [4.69, 9.17) is 9.47 Å². The Morgan fingerprint density at radius 3 is 2.59 bits per heavy atom. The van der Waals surface area contributed by atoms with E-state index in [0.29, 0.717) is 13.0 Å². The molecule has 6 heteroatoms. The summed E-state index contributed by atoms with van der Waals surface area (Å²) in [6, 6.07) is 0. The molecule has 2 fully saturated rings. The fourth-order valence-corrected chi connectivity index (χ4v) is 2.26. The molecule has 2 bridgehead atoms. The van der Waals surface area contributed by atoms with Crippen LogP contribution in [0, 0.1) is 0 Å². The zero-order valence-corrected chi connectivity index (χ0v) is 10.2. The van der Waals surface area contributed by atoms with Gasteiger partial charge in [-0.05, 0) is 20.8 Å². The van der Waals surface area contributed by atoms with Crippen molar-refractivity contribution in [1.82, 2.24) is 4.90 Å². The van der Waals surface area contributed by atoms with Crippen molar-refractivity contribution in [3.63, 3.8) is 0 Å². The van der Waals surface area contributed by atoms with Crippen molar-refractivity contribution in [2.45, 2.75) is 44.4 Å². The van der Waals surface area contributed by atoms with Gasteiger partial charge in [-0.2, -0.15) is 0 Å². The third-order valence-electron chi connectivity index (χ3n) is 3.04. The van der Waals surface area contributed by atoms with E-state index in [-0.39, 0.29) is 12.7 Å². The molecule has 96 valence electrons. The van der Waals surface area contributed by atoms with Gasteiger partial charge in [-0.3, -0.25) is 4.90 Å². The van der Waals surface area contributed by atoms with E-state index in [9.17, 15) is 14.7 Å². The molecule has 6 nitrogen and oxygen atoms in total. The van der Waals surface area contributed by atoms with Crippen LogP contribution >= 0.6 is 0 Å². The maximum absolute atomic E-state index is 11.9. The number of rotatable bonds is 1. The van der Waals surface area contributed by atoms with E-state index >= 15 is 0 Å². The van der Waals surface area contributed by atoms with Crippen LogP contribution < -0.4 is 0 Å². The van der Waals surface area contributed by atoms with Crippen LogP contribution in [-0.2, 0) is 14.3 Å². The van der Waals surface area contributed by atoms with Crippen LogP contribution in [0.2, 0.25) is 0 Å². The molecule has 0 aromatic rings. The highest BCUT2D eigenvalue weighted by Crippen LogP contribution is 2.39. The quantitative estimate of drug-likeness (QED) is 0.738. The first-order chi connectivity index (χ1) is 7.74. The van der Waals surface area contributed by atoms with Crippen molar-refractivity contribution in [2.24, 2.45) is 0 Å². The highest BCUT2D eigenvalue weighted by atomic mass is 16.6. The molecule has 1 amide bonds. The van der Waals surface area contributed by atoms with Crippen LogP contribution in [0.5, 0.6) is 0 Å². The third kappa shape index (κ3) is 1.97. The summed E-state index contributed by atoms with van der Waals surface area (Å²) < 4.78 is 10.5. The Morgan fingerprint density at radius 2 is 2.12 bits per heavy atom. The number of amides is 1. The first kappa shape index (κ1) is 12.2. The molecule has 0 aromatic heterocycles. The van der Waals surface area contributed by atoms with Crippen molar-refractivity contribution in [2.75, 3.05) is 13.2 Å². The van der Waals surface area contributed by atoms with E-state index in [1.807, 2.05) is 0 Å². The molecule has 0 unspecified atom stereocenters. The van der Waals surface area contributed by atoms with Gasteiger partial charge < -0.3 is 14.6 Å². The van der Waals surface area contributed by atoms with Gasteiger partial charge in [0.25, 0.3) is 0 Å². The lowest BCUT2D eigenvalue weighted by Gasteiger charge is -2.35. The predicted octanol–water partition coefficient (Wildman–Crippen LogP) is 0.849. The molecule has 1 N–H and O–H groups in total. The molecule has 0 aromatic carbocycles. The number of fused-ring (bicyclic) bond motifs is 2. The Hall–Kier alpha value is -1.30. The highest BCUT2D eigenvalue weighted by Gasteiger charge is 2.60. The lowest BCUT2D eigenvalue weighted by Crippen LogP contribution is -2.57. The second-order valence-electron chi connectivity index (χ2n) is 5.56. The third-order valence-corrected chi connectivity index (χ3v) is 3.04. The smallest absolute Gasteiger partial charge is 0.411 e. The van der Waals surface area contributed by atoms with Crippen LogP contribution in [-0.4, -0.2) is 52.5 Å². The Balaban J connectivity index is 2.17. The molecule has 2 saturated heterocycles. The van der Waals surface area contributed by atoms with Crippen LogP contribution in [0.15, 0.2) is 0 Å². The van der Waals surface area contributed by atoms with Crippen LogP contribution in [0.25, 0.3) is 0 Å². The zero-order valence-electron chi connectivity index (χ0n) is 10.2. The Morgan fingerprint density at radius 1 is 1.47 bits per heavy atom. The minimum Gasteiger partial charge on any atom is -0.479 e. The van der Waals surface area contributed by atoms with Gasteiger partial charge in [0.1, 0.15) is 5.60 Å². The van der Waals surface area contributed by atoms with Gasteiger partial charge in [-0.25, -0.2) is 9.59 Å². The minimum absolute atomic E-state index is 0.0479. The number of hydrogen-bond donors (Lipinski definition) is 1. The zero-order chi connectivity index (χ0) is 12.8. The van der Waals surface area contributed by atoms with Crippen molar-refractivity contribution >= 4 is 12.1 Å². The molecule has 0 aliphatic carbocycles. The SMILES string of the molecule is CC(C)(C)OC(=O)N1C[C@@H]2C[C@@]1(C(=O)O)CO2. The second-order valence-corrected chi connectivity index (χ2v) is 5.56. The van der Waals surface area contributed by atoms with Gasteiger partial charge in [-0.15, -0.1) is 0 Å². The molecule has 0 spiro atoms. The van der Waals surface area contributed by atoms with Crippen LogP contribution in [0.4, 0.5) is 4.79 Å². The molecular weight excluding hydrogens is 226 g/mol. The summed E-state index contributed by atoms with van der Waals surface area (Å²) in [6.07, 6.45) is -0.411. The molecule has 2 aliphatic heterocycles. The highest BCUT2D eigenvalue weighted by molar-refractivity contribution is 5.86. The molecule has 2 rings (SSSR count). The molecular formula is C11H17NO5. The summed E-state index contributed by atoms with van der Waals surface area (Å²) >= 11 is 0. The van der Waals surface area contributed by atoms with Crippen molar-refractivity contribution in [3.8, 4) is 0 Å². The number of likely N-dealkylation sites (tertiary alicyclic amines) is 1. The standard InChI is InChI=1S/C11H17NO5/c1-10(2,3)17-9(15)12-5-7-4-11(12,6-16-7)8(13)14/h7H,4-6H2,1-3H3,(H,13,14)/t7-,11-/m0/s1. The summed E-state index contributed by atoms with van der Waals surface area (Å²) in [5.41, 5.74) is -1.85. The number of carboxylic acid groups (broad SMARTS) is 1. The Bertz CT molecular complexity index is 361. The van der Waals surface area contributed by atoms with E-state index in [2.05, 4.69) is 0 Å². The number of nitrogens with zero attached hydrogens (tertiary/aromatic N) is 1. The molecule has 2 heterocycles. The molecule has 2 atom stereocenters. The normalized spacial score (nSPS) is 31.7. The summed E-state index contributed by atoms with van der Waals surface area (Å²) in [5, 5.41) is 9.28. The van der Waals surface area contributed by atoms with Crippen LogP contribution in [0.3, 0.4) is 0 Å². The topological polar surface area (TPSA) is 76.1 Å². The fraction of sp³-hybridized carbons (Fsp3) is 0.818. The van der Waals surface area contributed by atoms with Gasteiger partial charge in [0, 0.05) is 6.42 Å². The van der Waals surface area contributed by atoms with Crippen molar-refractivity contribution in [3.05, 3.63) is 0 Å². The maximum atomic E-state index is 11.9. The van der Waals surface area contributed by atoms with Crippen LogP contribution in [0.1, 0.15) is 27.2 Å². The molecule has 0 radical (unpaired) electrons. The molecule has 0 saturated carbocycles. The fourth-order valence-electron chi connectivity index (χ4n) is 2.26. The monoisotopic (exact) mass is 243 g/mol. The number of morpholine rings is 1. The summed E-state index contributed by atoms with van der Waals surface area (Å²) in [7, 11) is 0. The summed E-state index contributed by atoms with van der Waals surface area (Å²) in [5.74, 6) is -1.02. The Kier molecular flexibility index (Phi) is 2.57. The van der Waals surface area contributed by atoms with E-state index in [1.54, 1.807) is 20.8 Å². The largest absolute Gasteiger partial charge is 0.479 e. The number of carbonyl (C=O) groups is 2. The van der Waals surface area contributed by atoms with Gasteiger partial charge in [0.2, 0.25) is 0 Å². The molecule has 2 aliphatic rings. The van der Waals surface area contributed by atoms with E-state index in [1.165, 1.54) is 4.90 Å². The van der Waals surface area contributed by atoms with Gasteiger partial charge in [-0.1, -0.05) is 0 Å².